The van der Waals surface area contributed by atoms with Crippen molar-refractivity contribution in [3.63, 3.8) is 0 Å². The molecule has 1 heterocycles. The van der Waals surface area contributed by atoms with Crippen LogP contribution in [0.15, 0.2) is 12.3 Å². The van der Waals surface area contributed by atoms with E-state index in [4.69, 9.17) is 5.73 Å². The molecule has 1 rings (SSSR count). The summed E-state index contributed by atoms with van der Waals surface area (Å²) in [5.74, 6) is -2.03. The Morgan fingerprint density at radius 3 is 2.75 bits per heavy atom. The Balaban J connectivity index is 2.96. The fourth-order valence-electron chi connectivity index (χ4n) is 0.874. The van der Waals surface area contributed by atoms with Crippen molar-refractivity contribution in [2.75, 3.05) is 0 Å². The zero-order valence-corrected chi connectivity index (χ0v) is 6.72. The number of nitrogens with two attached hydrogens (primary N) is 1. The molecule has 0 fully saturated rings. The molecule has 0 amide bonds. The first kappa shape index (κ1) is 9.06. The fourth-order valence-corrected chi connectivity index (χ4v) is 0.874. The maximum atomic E-state index is 12.6. The standard InChI is InChI=1S/C8H10F2N2/c1-2-7(11)5-3-6(9)8(10)12-4-5/h3-4,7H,2,11H2,1H3. The number of aromatic nitrogens is 1. The summed E-state index contributed by atoms with van der Waals surface area (Å²) >= 11 is 0. The van der Waals surface area contributed by atoms with E-state index in [0.29, 0.717) is 12.0 Å². The molecule has 1 unspecified atom stereocenters. The number of hydrogen-bond acceptors (Lipinski definition) is 2. The van der Waals surface area contributed by atoms with Crippen LogP contribution in [0.2, 0.25) is 0 Å². The van der Waals surface area contributed by atoms with Crippen LogP contribution in [-0.4, -0.2) is 4.98 Å². The van der Waals surface area contributed by atoms with Gasteiger partial charge in [0.15, 0.2) is 5.82 Å². The molecular formula is C8H10F2N2. The van der Waals surface area contributed by atoms with Gasteiger partial charge in [0, 0.05) is 12.2 Å². The Kier molecular flexibility index (Phi) is 2.70. The van der Waals surface area contributed by atoms with Crippen molar-refractivity contribution in [2.45, 2.75) is 19.4 Å². The Morgan fingerprint density at radius 1 is 1.58 bits per heavy atom. The second kappa shape index (κ2) is 3.58. The highest BCUT2D eigenvalue weighted by Gasteiger charge is 2.08. The van der Waals surface area contributed by atoms with Gasteiger partial charge >= 0.3 is 0 Å². The summed E-state index contributed by atoms with van der Waals surface area (Å²) in [5.41, 5.74) is 6.11. The highest BCUT2D eigenvalue weighted by atomic mass is 19.2. The normalized spacial score (nSPS) is 13.0. The molecule has 0 bridgehead atoms. The Hall–Kier alpha value is -1.03. The predicted octanol–water partition coefficient (Wildman–Crippen LogP) is 1.77. The summed E-state index contributed by atoms with van der Waals surface area (Å²) < 4.78 is 24.9. The zero-order chi connectivity index (χ0) is 9.14. The second-order valence-corrected chi connectivity index (χ2v) is 2.56. The van der Waals surface area contributed by atoms with E-state index in [1.54, 1.807) is 0 Å². The maximum Gasteiger partial charge on any atom is 0.248 e. The molecule has 0 aromatic carbocycles. The lowest BCUT2D eigenvalue weighted by molar-refractivity contribution is 0.474. The Morgan fingerprint density at radius 2 is 2.25 bits per heavy atom. The molecule has 1 aromatic rings. The molecule has 4 heteroatoms. The van der Waals surface area contributed by atoms with E-state index in [1.807, 2.05) is 6.92 Å². The van der Waals surface area contributed by atoms with E-state index in [0.717, 1.165) is 6.07 Å². The van der Waals surface area contributed by atoms with Gasteiger partial charge in [0.05, 0.1) is 0 Å². The third kappa shape index (κ3) is 1.76. The predicted molar refractivity (Wildman–Crippen MR) is 41.4 cm³/mol. The summed E-state index contributed by atoms with van der Waals surface area (Å²) in [6.07, 6.45) is 1.93. The van der Waals surface area contributed by atoms with Gasteiger partial charge < -0.3 is 5.73 Å². The van der Waals surface area contributed by atoms with Crippen LogP contribution < -0.4 is 5.73 Å². The molecule has 1 aromatic heterocycles. The number of halogens is 2. The van der Waals surface area contributed by atoms with Gasteiger partial charge in [-0.1, -0.05) is 6.92 Å². The molecular weight excluding hydrogens is 162 g/mol. The van der Waals surface area contributed by atoms with E-state index in [-0.39, 0.29) is 6.04 Å². The molecule has 0 spiro atoms. The minimum absolute atomic E-state index is 0.271. The van der Waals surface area contributed by atoms with E-state index in [1.165, 1.54) is 6.20 Å². The van der Waals surface area contributed by atoms with Gasteiger partial charge in [-0.05, 0) is 18.1 Å². The average Bonchev–Trinajstić information content (AvgIpc) is 2.08. The summed E-state index contributed by atoms with van der Waals surface area (Å²) in [5, 5.41) is 0. The largest absolute Gasteiger partial charge is 0.324 e. The molecule has 0 aliphatic carbocycles. The van der Waals surface area contributed by atoms with E-state index < -0.39 is 11.8 Å². The smallest absolute Gasteiger partial charge is 0.248 e. The van der Waals surface area contributed by atoms with Crippen LogP contribution in [0.1, 0.15) is 24.9 Å². The topological polar surface area (TPSA) is 38.9 Å². The molecule has 2 nitrogen and oxygen atoms in total. The number of hydrogen-bond donors (Lipinski definition) is 1. The zero-order valence-electron chi connectivity index (χ0n) is 6.72. The lowest BCUT2D eigenvalue weighted by atomic mass is 10.1. The van der Waals surface area contributed by atoms with Crippen molar-refractivity contribution >= 4 is 0 Å². The first-order valence-corrected chi connectivity index (χ1v) is 3.71. The number of pyridine rings is 1. The van der Waals surface area contributed by atoms with Gasteiger partial charge in [-0.2, -0.15) is 4.39 Å². The molecule has 0 aliphatic rings. The van der Waals surface area contributed by atoms with Crippen molar-refractivity contribution in [1.82, 2.24) is 4.98 Å². The number of rotatable bonds is 2. The van der Waals surface area contributed by atoms with E-state index in [9.17, 15) is 8.78 Å². The Bertz CT molecular complexity index is 276. The van der Waals surface area contributed by atoms with Crippen LogP contribution in [0.4, 0.5) is 8.78 Å². The van der Waals surface area contributed by atoms with Crippen LogP contribution in [0, 0.1) is 11.8 Å². The highest BCUT2D eigenvalue weighted by Crippen LogP contribution is 2.14. The second-order valence-electron chi connectivity index (χ2n) is 2.56. The third-order valence-corrected chi connectivity index (χ3v) is 1.69. The third-order valence-electron chi connectivity index (χ3n) is 1.69. The van der Waals surface area contributed by atoms with Crippen molar-refractivity contribution < 1.29 is 8.78 Å². The lowest BCUT2D eigenvalue weighted by Crippen LogP contribution is -2.09. The molecule has 2 N–H and O–H groups in total. The number of nitrogens with zero attached hydrogens (tertiary/aromatic N) is 1. The quantitative estimate of drug-likeness (QED) is 0.690. The first-order chi connectivity index (χ1) is 5.65. The van der Waals surface area contributed by atoms with E-state index in [2.05, 4.69) is 4.98 Å². The molecule has 1 atom stereocenters. The molecule has 0 radical (unpaired) electrons. The monoisotopic (exact) mass is 172 g/mol. The van der Waals surface area contributed by atoms with Gasteiger partial charge in [-0.15, -0.1) is 0 Å². The van der Waals surface area contributed by atoms with Gasteiger partial charge in [-0.3, -0.25) is 0 Å². The molecule has 0 aliphatic heterocycles. The van der Waals surface area contributed by atoms with Crippen LogP contribution in [0.5, 0.6) is 0 Å². The van der Waals surface area contributed by atoms with Crippen LogP contribution in [-0.2, 0) is 0 Å². The van der Waals surface area contributed by atoms with Crippen LogP contribution in [0.25, 0.3) is 0 Å². The van der Waals surface area contributed by atoms with Gasteiger partial charge in [-0.25, -0.2) is 9.37 Å². The lowest BCUT2D eigenvalue weighted by Gasteiger charge is -2.07. The molecule has 0 saturated heterocycles. The minimum Gasteiger partial charge on any atom is -0.324 e. The van der Waals surface area contributed by atoms with Crippen molar-refractivity contribution in [2.24, 2.45) is 5.73 Å². The van der Waals surface area contributed by atoms with Gasteiger partial charge in [0.25, 0.3) is 0 Å². The molecule has 0 saturated carbocycles. The summed E-state index contributed by atoms with van der Waals surface area (Å²) in [4.78, 5) is 3.23. The Labute approximate surface area is 69.4 Å². The molecule has 12 heavy (non-hydrogen) atoms. The first-order valence-electron chi connectivity index (χ1n) is 3.71. The summed E-state index contributed by atoms with van der Waals surface area (Å²) in [6.45, 7) is 1.87. The SMILES string of the molecule is CCC(N)c1cnc(F)c(F)c1. The summed E-state index contributed by atoms with van der Waals surface area (Å²) in [7, 11) is 0. The fraction of sp³-hybridized carbons (Fsp3) is 0.375. The summed E-state index contributed by atoms with van der Waals surface area (Å²) in [6, 6.07) is 0.809. The van der Waals surface area contributed by atoms with E-state index >= 15 is 0 Å². The minimum atomic E-state index is -1.08. The van der Waals surface area contributed by atoms with Crippen molar-refractivity contribution in [3.05, 3.63) is 29.6 Å². The highest BCUT2D eigenvalue weighted by molar-refractivity contribution is 5.14. The van der Waals surface area contributed by atoms with Crippen molar-refractivity contribution in [3.8, 4) is 0 Å². The van der Waals surface area contributed by atoms with Crippen LogP contribution >= 0.6 is 0 Å². The average molecular weight is 172 g/mol. The maximum absolute atomic E-state index is 12.6. The molecule has 66 valence electrons. The van der Waals surface area contributed by atoms with Crippen molar-refractivity contribution in [1.29, 1.82) is 0 Å². The van der Waals surface area contributed by atoms with Gasteiger partial charge in [0.2, 0.25) is 5.95 Å². The van der Waals surface area contributed by atoms with Gasteiger partial charge in [0.1, 0.15) is 0 Å². The van der Waals surface area contributed by atoms with Crippen LogP contribution in [0.3, 0.4) is 0 Å².